The lowest BCUT2D eigenvalue weighted by molar-refractivity contribution is -0.137. The number of carbonyl (C=O) groups excluding carboxylic acids is 1. The number of carboxylic acid groups (broad SMARTS) is 1. The van der Waals surface area contributed by atoms with Crippen molar-refractivity contribution < 1.29 is 14.7 Å². The Hall–Kier alpha value is -1.88. The molecular formula is C16H24N2O3. The van der Waals surface area contributed by atoms with Gasteiger partial charge in [0.15, 0.2) is 0 Å². The molecular weight excluding hydrogens is 268 g/mol. The van der Waals surface area contributed by atoms with Crippen molar-refractivity contribution >= 4 is 11.9 Å². The molecule has 0 aliphatic carbocycles. The van der Waals surface area contributed by atoms with Crippen LogP contribution in [0.2, 0.25) is 0 Å². The maximum absolute atomic E-state index is 12.7. The SMILES string of the molecule is CNCCc1ccccc1C(=O)N(CCC(=O)O)C(C)C. The molecule has 1 aromatic carbocycles. The molecule has 1 amide bonds. The van der Waals surface area contributed by atoms with Crippen LogP contribution in [0.4, 0.5) is 0 Å². The van der Waals surface area contributed by atoms with Crippen molar-refractivity contribution in [2.75, 3.05) is 20.1 Å². The van der Waals surface area contributed by atoms with Gasteiger partial charge in [0.1, 0.15) is 0 Å². The summed E-state index contributed by atoms with van der Waals surface area (Å²) in [6, 6.07) is 7.48. The summed E-state index contributed by atoms with van der Waals surface area (Å²) < 4.78 is 0. The Bertz CT molecular complexity index is 486. The monoisotopic (exact) mass is 292 g/mol. The molecule has 5 nitrogen and oxygen atoms in total. The third kappa shape index (κ3) is 5.19. The number of nitrogens with zero attached hydrogens (tertiary/aromatic N) is 1. The summed E-state index contributed by atoms with van der Waals surface area (Å²) >= 11 is 0. The van der Waals surface area contributed by atoms with E-state index in [1.807, 2.05) is 45.2 Å². The highest BCUT2D eigenvalue weighted by molar-refractivity contribution is 5.96. The Morgan fingerprint density at radius 2 is 1.95 bits per heavy atom. The topological polar surface area (TPSA) is 69.6 Å². The Morgan fingerprint density at radius 1 is 1.29 bits per heavy atom. The van der Waals surface area contributed by atoms with Crippen molar-refractivity contribution in [3.05, 3.63) is 35.4 Å². The van der Waals surface area contributed by atoms with Crippen LogP contribution in [0.1, 0.15) is 36.2 Å². The van der Waals surface area contributed by atoms with Gasteiger partial charge in [-0.1, -0.05) is 18.2 Å². The normalized spacial score (nSPS) is 10.7. The van der Waals surface area contributed by atoms with Crippen LogP contribution in [0.5, 0.6) is 0 Å². The maximum Gasteiger partial charge on any atom is 0.305 e. The molecule has 0 radical (unpaired) electrons. The summed E-state index contributed by atoms with van der Waals surface area (Å²) in [5.41, 5.74) is 1.64. The van der Waals surface area contributed by atoms with E-state index >= 15 is 0 Å². The standard InChI is InChI=1S/C16H24N2O3/c1-12(2)18(11-9-15(19)20)16(21)14-7-5-4-6-13(14)8-10-17-3/h4-7,12,17H,8-11H2,1-3H3,(H,19,20). The van der Waals surface area contributed by atoms with Crippen LogP contribution >= 0.6 is 0 Å². The second-order valence-corrected chi connectivity index (χ2v) is 5.25. The average molecular weight is 292 g/mol. The predicted octanol–water partition coefficient (Wildman–Crippen LogP) is 1.77. The molecule has 0 fully saturated rings. The van der Waals surface area contributed by atoms with Crippen LogP contribution in [0, 0.1) is 0 Å². The molecule has 21 heavy (non-hydrogen) atoms. The summed E-state index contributed by atoms with van der Waals surface area (Å²) in [4.78, 5) is 25.1. The molecule has 1 aromatic rings. The molecule has 0 spiro atoms. The first-order chi connectivity index (χ1) is 9.97. The highest BCUT2D eigenvalue weighted by Crippen LogP contribution is 2.15. The molecule has 0 unspecified atom stereocenters. The van der Waals surface area contributed by atoms with Gasteiger partial charge in [-0.25, -0.2) is 0 Å². The number of likely N-dealkylation sites (N-methyl/N-ethyl adjacent to an activating group) is 1. The van der Waals surface area contributed by atoms with E-state index in [0.717, 1.165) is 18.5 Å². The van der Waals surface area contributed by atoms with Gasteiger partial charge in [-0.15, -0.1) is 0 Å². The van der Waals surface area contributed by atoms with E-state index in [1.165, 1.54) is 0 Å². The highest BCUT2D eigenvalue weighted by Gasteiger charge is 2.21. The van der Waals surface area contributed by atoms with Crippen molar-refractivity contribution in [1.82, 2.24) is 10.2 Å². The Morgan fingerprint density at radius 3 is 2.52 bits per heavy atom. The first kappa shape index (κ1) is 17.2. The van der Waals surface area contributed by atoms with E-state index in [0.29, 0.717) is 5.56 Å². The minimum Gasteiger partial charge on any atom is -0.481 e. The van der Waals surface area contributed by atoms with E-state index in [9.17, 15) is 9.59 Å². The van der Waals surface area contributed by atoms with Crippen LogP contribution < -0.4 is 5.32 Å². The molecule has 1 rings (SSSR count). The summed E-state index contributed by atoms with van der Waals surface area (Å²) in [6.07, 6.45) is 0.728. The van der Waals surface area contributed by atoms with Crippen molar-refractivity contribution in [3.63, 3.8) is 0 Å². The number of hydrogen-bond acceptors (Lipinski definition) is 3. The van der Waals surface area contributed by atoms with E-state index in [2.05, 4.69) is 5.32 Å². The third-order valence-electron chi connectivity index (χ3n) is 3.34. The van der Waals surface area contributed by atoms with Crippen molar-refractivity contribution in [3.8, 4) is 0 Å². The molecule has 0 saturated carbocycles. The second kappa shape index (κ2) is 8.42. The third-order valence-corrected chi connectivity index (χ3v) is 3.34. The Labute approximate surface area is 126 Å². The lowest BCUT2D eigenvalue weighted by Gasteiger charge is -2.27. The van der Waals surface area contributed by atoms with Gasteiger partial charge in [-0.05, 0) is 45.5 Å². The van der Waals surface area contributed by atoms with Crippen LogP contribution in [-0.4, -0.2) is 48.1 Å². The molecule has 2 N–H and O–H groups in total. The zero-order valence-electron chi connectivity index (χ0n) is 12.9. The molecule has 5 heteroatoms. The largest absolute Gasteiger partial charge is 0.481 e. The van der Waals surface area contributed by atoms with Gasteiger partial charge in [0, 0.05) is 18.2 Å². The van der Waals surface area contributed by atoms with Crippen LogP contribution in [0.3, 0.4) is 0 Å². The number of rotatable bonds is 8. The van der Waals surface area contributed by atoms with E-state index in [1.54, 1.807) is 4.90 Å². The zero-order chi connectivity index (χ0) is 15.8. The fraction of sp³-hybridized carbons (Fsp3) is 0.500. The molecule has 0 aromatic heterocycles. The zero-order valence-corrected chi connectivity index (χ0v) is 12.9. The van der Waals surface area contributed by atoms with E-state index < -0.39 is 5.97 Å². The minimum absolute atomic E-state index is 0.0331. The summed E-state index contributed by atoms with van der Waals surface area (Å²) in [5.74, 6) is -0.991. The van der Waals surface area contributed by atoms with Crippen LogP contribution in [0.15, 0.2) is 24.3 Å². The van der Waals surface area contributed by atoms with E-state index in [-0.39, 0.29) is 24.9 Å². The first-order valence-corrected chi connectivity index (χ1v) is 7.22. The molecule has 0 bridgehead atoms. The van der Waals surface area contributed by atoms with Gasteiger partial charge in [0.25, 0.3) is 5.91 Å². The summed E-state index contributed by atoms with van der Waals surface area (Å²) in [5, 5.41) is 11.9. The molecule has 0 saturated heterocycles. The first-order valence-electron chi connectivity index (χ1n) is 7.22. The lowest BCUT2D eigenvalue weighted by atomic mass is 10.0. The van der Waals surface area contributed by atoms with Gasteiger partial charge in [0.05, 0.1) is 6.42 Å². The second-order valence-electron chi connectivity index (χ2n) is 5.25. The number of carboxylic acids is 1. The van der Waals surface area contributed by atoms with Gasteiger partial charge in [-0.3, -0.25) is 9.59 Å². The van der Waals surface area contributed by atoms with Gasteiger partial charge in [-0.2, -0.15) is 0 Å². The lowest BCUT2D eigenvalue weighted by Crippen LogP contribution is -2.39. The number of nitrogens with one attached hydrogen (secondary N) is 1. The molecule has 0 aliphatic rings. The number of benzene rings is 1. The average Bonchev–Trinajstić information content (AvgIpc) is 2.44. The summed E-state index contributed by atoms with van der Waals surface area (Å²) in [7, 11) is 1.87. The van der Waals surface area contributed by atoms with Crippen LogP contribution in [0.25, 0.3) is 0 Å². The smallest absolute Gasteiger partial charge is 0.305 e. The number of carbonyl (C=O) groups is 2. The minimum atomic E-state index is -0.892. The van der Waals surface area contributed by atoms with Crippen molar-refractivity contribution in [2.24, 2.45) is 0 Å². The van der Waals surface area contributed by atoms with Crippen molar-refractivity contribution in [1.29, 1.82) is 0 Å². The molecule has 0 aliphatic heterocycles. The fourth-order valence-electron chi connectivity index (χ4n) is 2.17. The number of aliphatic carboxylic acids is 1. The number of hydrogen-bond donors (Lipinski definition) is 2. The maximum atomic E-state index is 12.7. The fourth-order valence-corrected chi connectivity index (χ4v) is 2.17. The Kier molecular flexibility index (Phi) is 6.88. The van der Waals surface area contributed by atoms with Gasteiger partial charge in [0.2, 0.25) is 0 Å². The van der Waals surface area contributed by atoms with E-state index in [4.69, 9.17) is 5.11 Å². The summed E-state index contributed by atoms with van der Waals surface area (Å²) in [6.45, 7) is 4.82. The van der Waals surface area contributed by atoms with Gasteiger partial charge >= 0.3 is 5.97 Å². The Balaban J connectivity index is 2.95. The van der Waals surface area contributed by atoms with Crippen molar-refractivity contribution in [2.45, 2.75) is 32.7 Å². The van der Waals surface area contributed by atoms with Gasteiger partial charge < -0.3 is 15.3 Å². The highest BCUT2D eigenvalue weighted by atomic mass is 16.4. The molecule has 0 heterocycles. The molecule has 0 atom stereocenters. The quantitative estimate of drug-likeness (QED) is 0.766. The molecule has 116 valence electrons. The predicted molar refractivity (Wildman–Crippen MR) is 82.5 cm³/mol. The number of amides is 1. The van der Waals surface area contributed by atoms with Crippen LogP contribution in [-0.2, 0) is 11.2 Å².